The Hall–Kier alpha value is -0.360. The number of halogens is 4. The van der Waals surface area contributed by atoms with Crippen LogP contribution in [-0.4, -0.2) is 48.5 Å². The number of alkyl halides is 4. The predicted octanol–water partition coefficient (Wildman–Crippen LogP) is 3.27. The standard InChI is InChI=1S/C14H24F4N2/c1-2-6-19-10-7-11-4-3-5-12(8-10)20(11)9-14(17,18)13(15)16/h10-13,19H,2-9H2,1H3. The zero-order valence-electron chi connectivity index (χ0n) is 11.9. The minimum Gasteiger partial charge on any atom is -0.314 e. The van der Waals surface area contributed by atoms with Crippen molar-refractivity contribution in [3.05, 3.63) is 0 Å². The van der Waals surface area contributed by atoms with E-state index in [4.69, 9.17) is 0 Å². The van der Waals surface area contributed by atoms with Gasteiger partial charge in [-0.05, 0) is 38.6 Å². The van der Waals surface area contributed by atoms with Crippen LogP contribution in [0.3, 0.4) is 0 Å². The molecule has 0 amide bonds. The van der Waals surface area contributed by atoms with Crippen LogP contribution in [0, 0.1) is 0 Å². The molecular formula is C14H24F4N2. The molecule has 2 aliphatic rings. The van der Waals surface area contributed by atoms with Gasteiger partial charge in [0.2, 0.25) is 0 Å². The second-order valence-corrected chi connectivity index (χ2v) is 6.10. The number of hydrogen-bond acceptors (Lipinski definition) is 2. The maximum Gasteiger partial charge on any atom is 0.319 e. The molecule has 2 saturated heterocycles. The molecule has 6 heteroatoms. The van der Waals surface area contributed by atoms with E-state index in [-0.39, 0.29) is 12.1 Å². The number of piperidine rings is 2. The molecule has 0 radical (unpaired) electrons. The lowest BCUT2D eigenvalue weighted by atomic mass is 9.81. The second kappa shape index (κ2) is 6.60. The summed E-state index contributed by atoms with van der Waals surface area (Å²) >= 11 is 0. The van der Waals surface area contributed by atoms with E-state index in [1.165, 1.54) is 0 Å². The molecule has 0 aromatic rings. The van der Waals surface area contributed by atoms with Crippen LogP contribution in [0.1, 0.15) is 45.4 Å². The normalized spacial score (nSPS) is 31.8. The van der Waals surface area contributed by atoms with Crippen molar-refractivity contribution in [1.29, 1.82) is 0 Å². The van der Waals surface area contributed by atoms with Gasteiger partial charge in [-0.1, -0.05) is 13.3 Å². The van der Waals surface area contributed by atoms with Crippen molar-refractivity contribution in [3.63, 3.8) is 0 Å². The highest BCUT2D eigenvalue weighted by molar-refractivity contribution is 4.96. The van der Waals surface area contributed by atoms with Crippen molar-refractivity contribution in [2.24, 2.45) is 0 Å². The highest BCUT2D eigenvalue weighted by Gasteiger charge is 2.47. The molecule has 1 N–H and O–H groups in total. The number of fused-ring (bicyclic) bond motifs is 2. The SMILES string of the molecule is CCCNC1CC2CCCC(C1)N2CC(F)(F)C(F)F. The third-order valence-corrected chi connectivity index (χ3v) is 4.52. The fourth-order valence-corrected chi connectivity index (χ4v) is 3.56. The Labute approximate surface area is 117 Å². The number of nitrogens with zero attached hydrogens (tertiary/aromatic N) is 1. The van der Waals surface area contributed by atoms with Crippen LogP contribution >= 0.6 is 0 Å². The van der Waals surface area contributed by atoms with Crippen LogP contribution in [0.25, 0.3) is 0 Å². The van der Waals surface area contributed by atoms with Crippen LogP contribution in [0.2, 0.25) is 0 Å². The van der Waals surface area contributed by atoms with Crippen LogP contribution in [0.15, 0.2) is 0 Å². The Morgan fingerprint density at radius 3 is 2.30 bits per heavy atom. The van der Waals surface area contributed by atoms with E-state index in [9.17, 15) is 17.6 Å². The van der Waals surface area contributed by atoms with Gasteiger partial charge in [0.05, 0.1) is 6.54 Å². The summed E-state index contributed by atoms with van der Waals surface area (Å²) in [5.74, 6) is -3.89. The first-order valence-electron chi connectivity index (χ1n) is 7.59. The Balaban J connectivity index is 1.98. The molecule has 0 aromatic carbocycles. The lowest BCUT2D eigenvalue weighted by Crippen LogP contribution is -2.59. The van der Waals surface area contributed by atoms with Crippen molar-refractivity contribution < 1.29 is 17.6 Å². The molecule has 2 unspecified atom stereocenters. The average molecular weight is 296 g/mol. The van der Waals surface area contributed by atoms with E-state index in [2.05, 4.69) is 12.2 Å². The Morgan fingerprint density at radius 2 is 1.80 bits per heavy atom. The third-order valence-electron chi connectivity index (χ3n) is 4.52. The van der Waals surface area contributed by atoms with Gasteiger partial charge >= 0.3 is 12.3 Å². The average Bonchev–Trinajstić information content (AvgIpc) is 2.36. The second-order valence-electron chi connectivity index (χ2n) is 6.10. The summed E-state index contributed by atoms with van der Waals surface area (Å²) in [6, 6.07) is 0.407. The molecule has 0 aliphatic carbocycles. The maximum atomic E-state index is 13.3. The summed E-state index contributed by atoms with van der Waals surface area (Å²) in [5, 5.41) is 3.44. The molecule has 118 valence electrons. The molecule has 2 rings (SSSR count). The molecular weight excluding hydrogens is 272 g/mol. The molecule has 0 spiro atoms. The van der Waals surface area contributed by atoms with Crippen LogP contribution in [0.4, 0.5) is 17.6 Å². The molecule has 2 bridgehead atoms. The fourth-order valence-electron chi connectivity index (χ4n) is 3.56. The highest BCUT2D eigenvalue weighted by Crippen LogP contribution is 2.37. The van der Waals surface area contributed by atoms with E-state index in [0.29, 0.717) is 6.04 Å². The van der Waals surface area contributed by atoms with Gasteiger partial charge in [0, 0.05) is 18.1 Å². The number of rotatable bonds is 6. The molecule has 0 saturated carbocycles. The molecule has 20 heavy (non-hydrogen) atoms. The van der Waals surface area contributed by atoms with Gasteiger partial charge in [0.1, 0.15) is 0 Å². The lowest BCUT2D eigenvalue weighted by molar-refractivity contribution is -0.159. The predicted molar refractivity (Wildman–Crippen MR) is 70.4 cm³/mol. The van der Waals surface area contributed by atoms with Crippen molar-refractivity contribution in [1.82, 2.24) is 10.2 Å². The summed E-state index contributed by atoms with van der Waals surface area (Å²) in [5.41, 5.74) is 0. The van der Waals surface area contributed by atoms with E-state index in [1.54, 1.807) is 4.90 Å². The van der Waals surface area contributed by atoms with Gasteiger partial charge < -0.3 is 5.32 Å². The van der Waals surface area contributed by atoms with Gasteiger partial charge in [0.25, 0.3) is 0 Å². The van der Waals surface area contributed by atoms with Crippen LogP contribution < -0.4 is 5.32 Å². The first-order chi connectivity index (χ1) is 9.44. The summed E-state index contributed by atoms with van der Waals surface area (Å²) in [7, 11) is 0. The fraction of sp³-hybridized carbons (Fsp3) is 1.00. The van der Waals surface area contributed by atoms with Crippen molar-refractivity contribution >= 4 is 0 Å². The lowest BCUT2D eigenvalue weighted by Gasteiger charge is -2.49. The first-order valence-corrected chi connectivity index (χ1v) is 7.59. The quantitative estimate of drug-likeness (QED) is 0.757. The van der Waals surface area contributed by atoms with Crippen LogP contribution in [0.5, 0.6) is 0 Å². The molecule has 2 aliphatic heterocycles. The molecule has 2 fully saturated rings. The van der Waals surface area contributed by atoms with E-state index >= 15 is 0 Å². The summed E-state index contributed by atoms with van der Waals surface area (Å²) in [6.07, 6.45) is 1.79. The highest BCUT2D eigenvalue weighted by atomic mass is 19.3. The van der Waals surface area contributed by atoms with Gasteiger partial charge in [0.15, 0.2) is 0 Å². The van der Waals surface area contributed by atoms with Crippen LogP contribution in [-0.2, 0) is 0 Å². The van der Waals surface area contributed by atoms with Gasteiger partial charge in [-0.15, -0.1) is 0 Å². The number of nitrogens with one attached hydrogen (secondary N) is 1. The molecule has 2 atom stereocenters. The monoisotopic (exact) mass is 296 g/mol. The zero-order valence-corrected chi connectivity index (χ0v) is 11.9. The summed E-state index contributed by atoms with van der Waals surface area (Å²) in [4.78, 5) is 1.65. The minimum atomic E-state index is -3.89. The Kier molecular flexibility index (Phi) is 5.29. The van der Waals surface area contributed by atoms with Gasteiger partial charge in [-0.2, -0.15) is 8.78 Å². The number of hydrogen-bond donors (Lipinski definition) is 1. The van der Waals surface area contributed by atoms with Gasteiger partial charge in [-0.25, -0.2) is 8.78 Å². The third kappa shape index (κ3) is 3.64. The largest absolute Gasteiger partial charge is 0.319 e. The topological polar surface area (TPSA) is 15.3 Å². The Morgan fingerprint density at radius 1 is 1.20 bits per heavy atom. The smallest absolute Gasteiger partial charge is 0.314 e. The zero-order chi connectivity index (χ0) is 14.8. The summed E-state index contributed by atoms with van der Waals surface area (Å²) in [6.45, 7) is 2.23. The van der Waals surface area contributed by atoms with E-state index in [0.717, 1.165) is 45.1 Å². The first kappa shape index (κ1) is 16.0. The van der Waals surface area contributed by atoms with E-state index in [1.807, 2.05) is 0 Å². The van der Waals surface area contributed by atoms with Crippen molar-refractivity contribution in [2.45, 2.75) is 75.9 Å². The van der Waals surface area contributed by atoms with Crippen molar-refractivity contribution in [3.8, 4) is 0 Å². The Bertz CT molecular complexity index is 298. The molecule has 0 aromatic heterocycles. The maximum absolute atomic E-state index is 13.3. The van der Waals surface area contributed by atoms with Crippen molar-refractivity contribution in [2.75, 3.05) is 13.1 Å². The van der Waals surface area contributed by atoms with E-state index < -0.39 is 18.9 Å². The summed E-state index contributed by atoms with van der Waals surface area (Å²) < 4.78 is 51.5. The van der Waals surface area contributed by atoms with Gasteiger partial charge in [-0.3, -0.25) is 4.90 Å². The minimum absolute atomic E-state index is 0.0291. The molecule has 2 heterocycles. The molecule has 2 nitrogen and oxygen atoms in total.